The Hall–Kier alpha value is -4.07. The van der Waals surface area contributed by atoms with Gasteiger partial charge in [-0.05, 0) is 48.2 Å². The van der Waals surface area contributed by atoms with Crippen LogP contribution in [0.5, 0.6) is 0 Å². The number of carbonyl (C=O) groups is 2. The number of benzene rings is 2. The number of rotatable bonds is 4. The van der Waals surface area contributed by atoms with Gasteiger partial charge in [-0.15, -0.1) is 0 Å². The van der Waals surface area contributed by atoms with Crippen LogP contribution in [0.4, 0.5) is 22.0 Å². The van der Waals surface area contributed by atoms with Crippen LogP contribution >= 0.6 is 0 Å². The smallest absolute Gasteiger partial charge is 0.407 e. The monoisotopic (exact) mass is 457 g/mol. The molecule has 2 aliphatic rings. The number of hydrogen-bond acceptors (Lipinski definition) is 5. The summed E-state index contributed by atoms with van der Waals surface area (Å²) in [4.78, 5) is 32.4. The molecule has 2 amide bonds. The number of amides is 2. The van der Waals surface area contributed by atoms with Crippen molar-refractivity contribution in [2.45, 2.75) is 12.8 Å². The summed E-state index contributed by atoms with van der Waals surface area (Å²) >= 11 is 0. The average molecular weight is 458 g/mol. The van der Waals surface area contributed by atoms with E-state index in [4.69, 9.17) is 5.73 Å². The molecule has 174 valence electrons. The van der Waals surface area contributed by atoms with Crippen LogP contribution in [0, 0.1) is 5.41 Å². The lowest BCUT2D eigenvalue weighted by Crippen LogP contribution is -2.33. The second-order valence-electron chi connectivity index (χ2n) is 9.15. The number of nitrogens with zero attached hydrogens (tertiary/aromatic N) is 3. The third-order valence-corrected chi connectivity index (χ3v) is 6.89. The van der Waals surface area contributed by atoms with Crippen molar-refractivity contribution in [2.75, 3.05) is 42.1 Å². The Morgan fingerprint density at radius 3 is 2.47 bits per heavy atom. The van der Waals surface area contributed by atoms with Gasteiger partial charge >= 0.3 is 6.09 Å². The van der Waals surface area contributed by atoms with Crippen molar-refractivity contribution >= 4 is 29.2 Å². The number of nitrogens with one attached hydrogen (secondary N) is 1. The maximum atomic E-state index is 12.9. The van der Waals surface area contributed by atoms with Crippen molar-refractivity contribution in [3.05, 3.63) is 72.4 Å². The van der Waals surface area contributed by atoms with Crippen molar-refractivity contribution in [1.29, 1.82) is 0 Å². The van der Waals surface area contributed by atoms with Crippen LogP contribution in [0.2, 0.25) is 0 Å². The van der Waals surface area contributed by atoms with E-state index in [0.717, 1.165) is 42.9 Å². The first-order valence-electron chi connectivity index (χ1n) is 11.4. The number of pyridine rings is 1. The number of likely N-dealkylation sites (tertiary alicyclic amines) is 1. The molecular weight excluding hydrogens is 430 g/mol. The molecule has 1 unspecified atom stereocenters. The molecule has 2 saturated heterocycles. The summed E-state index contributed by atoms with van der Waals surface area (Å²) in [7, 11) is 0. The molecule has 2 aliphatic heterocycles. The fraction of sp³-hybridized carbons (Fsp3) is 0.269. The van der Waals surface area contributed by atoms with Crippen LogP contribution in [-0.2, 0) is 0 Å². The highest BCUT2D eigenvalue weighted by Crippen LogP contribution is 2.40. The first-order chi connectivity index (χ1) is 16.4. The lowest BCUT2D eigenvalue weighted by Gasteiger charge is -2.24. The minimum absolute atomic E-state index is 0.00257. The summed E-state index contributed by atoms with van der Waals surface area (Å²) in [5, 5.41) is 12.2. The summed E-state index contributed by atoms with van der Waals surface area (Å²) in [6.45, 7) is 2.76. The standard InChI is InChI=1S/C26H27N5O3/c27-21-8-6-19(18-4-2-1-3-5-18)14-22(21)29-24(32)20-7-9-23(28-15-20)30-12-10-26(16-30)11-13-31(17-26)25(33)34/h1-9,14-15H,10-13,16-17,27H2,(H,29,32)(H,33,34). The quantitative estimate of drug-likeness (QED) is 0.507. The third kappa shape index (κ3) is 4.26. The Kier molecular flexibility index (Phi) is 5.57. The van der Waals surface area contributed by atoms with E-state index in [0.29, 0.717) is 30.0 Å². The van der Waals surface area contributed by atoms with Gasteiger partial charge < -0.3 is 26.0 Å². The van der Waals surface area contributed by atoms with Crippen LogP contribution in [-0.4, -0.2) is 53.2 Å². The van der Waals surface area contributed by atoms with Gasteiger partial charge in [-0.2, -0.15) is 0 Å². The highest BCUT2D eigenvalue weighted by Gasteiger charge is 2.45. The van der Waals surface area contributed by atoms with Gasteiger partial charge in [0.2, 0.25) is 0 Å². The molecule has 0 saturated carbocycles. The largest absolute Gasteiger partial charge is 0.465 e. The molecule has 3 heterocycles. The topological polar surface area (TPSA) is 112 Å². The fourth-order valence-electron chi connectivity index (χ4n) is 4.94. The third-order valence-electron chi connectivity index (χ3n) is 6.89. The maximum absolute atomic E-state index is 12.9. The van der Waals surface area contributed by atoms with Crippen LogP contribution in [0.15, 0.2) is 66.9 Å². The summed E-state index contributed by atoms with van der Waals surface area (Å²) < 4.78 is 0. The van der Waals surface area contributed by atoms with E-state index in [1.54, 1.807) is 18.3 Å². The van der Waals surface area contributed by atoms with Crippen molar-refractivity contribution in [2.24, 2.45) is 5.41 Å². The number of carbonyl (C=O) groups excluding carboxylic acids is 1. The van der Waals surface area contributed by atoms with Gasteiger partial charge in [0.05, 0.1) is 16.9 Å². The average Bonchev–Trinajstić information content (AvgIpc) is 3.48. The molecule has 2 aromatic carbocycles. The van der Waals surface area contributed by atoms with E-state index >= 15 is 0 Å². The predicted molar refractivity (Wildman–Crippen MR) is 132 cm³/mol. The van der Waals surface area contributed by atoms with Gasteiger partial charge in [0.1, 0.15) is 5.82 Å². The molecule has 0 aliphatic carbocycles. The number of nitrogens with two attached hydrogens (primary N) is 1. The lowest BCUT2D eigenvalue weighted by molar-refractivity contribution is 0.102. The SMILES string of the molecule is Nc1ccc(-c2ccccc2)cc1NC(=O)c1ccc(N2CCC3(CCN(C(=O)O)C3)C2)nc1. The van der Waals surface area contributed by atoms with Crippen molar-refractivity contribution in [3.8, 4) is 11.1 Å². The van der Waals surface area contributed by atoms with Crippen LogP contribution in [0.3, 0.4) is 0 Å². The van der Waals surface area contributed by atoms with Crippen molar-refractivity contribution in [1.82, 2.24) is 9.88 Å². The summed E-state index contributed by atoms with van der Waals surface area (Å²) in [6, 6.07) is 19.1. The molecule has 3 aromatic rings. The molecular formula is C26H27N5O3. The number of carboxylic acid groups (broad SMARTS) is 1. The Balaban J connectivity index is 1.26. The zero-order valence-electron chi connectivity index (χ0n) is 18.8. The molecule has 34 heavy (non-hydrogen) atoms. The molecule has 0 radical (unpaired) electrons. The van der Waals surface area contributed by atoms with E-state index in [9.17, 15) is 14.7 Å². The molecule has 8 nitrogen and oxygen atoms in total. The number of hydrogen-bond donors (Lipinski definition) is 3. The Morgan fingerprint density at radius 2 is 1.76 bits per heavy atom. The van der Waals surface area contributed by atoms with E-state index in [-0.39, 0.29) is 11.3 Å². The molecule has 1 atom stereocenters. The van der Waals surface area contributed by atoms with Crippen LogP contribution in [0.25, 0.3) is 11.1 Å². The summed E-state index contributed by atoms with van der Waals surface area (Å²) in [5.41, 5.74) is 9.61. The second-order valence-corrected chi connectivity index (χ2v) is 9.15. The normalized spacial score (nSPS) is 19.5. The van der Waals surface area contributed by atoms with Gasteiger partial charge in [-0.1, -0.05) is 36.4 Å². The van der Waals surface area contributed by atoms with Gasteiger partial charge in [0, 0.05) is 37.8 Å². The van der Waals surface area contributed by atoms with Crippen LogP contribution in [0.1, 0.15) is 23.2 Å². The zero-order chi connectivity index (χ0) is 23.7. The minimum atomic E-state index is -0.848. The highest BCUT2D eigenvalue weighted by molar-refractivity contribution is 6.06. The maximum Gasteiger partial charge on any atom is 0.407 e. The van der Waals surface area contributed by atoms with E-state index < -0.39 is 6.09 Å². The van der Waals surface area contributed by atoms with Crippen molar-refractivity contribution in [3.63, 3.8) is 0 Å². The van der Waals surface area contributed by atoms with E-state index in [2.05, 4.69) is 15.2 Å². The predicted octanol–water partition coefficient (Wildman–Crippen LogP) is 4.16. The molecule has 0 bridgehead atoms. The fourth-order valence-corrected chi connectivity index (χ4v) is 4.94. The Labute approximate surface area is 198 Å². The second kappa shape index (κ2) is 8.70. The molecule has 1 aromatic heterocycles. The minimum Gasteiger partial charge on any atom is -0.465 e. The Morgan fingerprint density at radius 1 is 0.971 bits per heavy atom. The molecule has 4 N–H and O–H groups in total. The zero-order valence-corrected chi connectivity index (χ0v) is 18.8. The Bertz CT molecular complexity index is 1210. The molecule has 8 heteroatoms. The molecule has 5 rings (SSSR count). The number of nitrogen functional groups attached to an aromatic ring is 1. The first kappa shape index (κ1) is 21.8. The molecule has 1 spiro atoms. The van der Waals surface area contributed by atoms with Gasteiger partial charge in [0.25, 0.3) is 5.91 Å². The number of anilines is 3. The van der Waals surface area contributed by atoms with Gasteiger partial charge in [-0.25, -0.2) is 9.78 Å². The summed E-state index contributed by atoms with van der Waals surface area (Å²) in [6.07, 6.45) is 2.54. The van der Waals surface area contributed by atoms with Gasteiger partial charge in [0.15, 0.2) is 0 Å². The van der Waals surface area contributed by atoms with E-state index in [1.807, 2.05) is 48.5 Å². The lowest BCUT2D eigenvalue weighted by atomic mass is 9.86. The van der Waals surface area contributed by atoms with Gasteiger partial charge in [-0.3, -0.25) is 4.79 Å². The number of aromatic nitrogens is 1. The first-order valence-corrected chi connectivity index (χ1v) is 11.4. The summed E-state index contributed by atoms with van der Waals surface area (Å²) in [5.74, 6) is 0.523. The van der Waals surface area contributed by atoms with Crippen LogP contribution < -0.4 is 16.0 Å². The van der Waals surface area contributed by atoms with E-state index in [1.165, 1.54) is 4.90 Å². The molecule has 2 fully saturated rings. The highest BCUT2D eigenvalue weighted by atomic mass is 16.4. The van der Waals surface area contributed by atoms with Crippen molar-refractivity contribution < 1.29 is 14.7 Å².